The number of unbranched alkanes of at least 4 members (excludes halogenated alkanes) is 1. The van der Waals surface area contributed by atoms with Gasteiger partial charge in [0, 0.05) is 10.9 Å². The summed E-state index contributed by atoms with van der Waals surface area (Å²) in [7, 11) is 0. The largest absolute Gasteiger partial charge is 0.330 e. The zero-order chi connectivity index (χ0) is 12.3. The number of halogens is 1. The number of nitrogens with two attached hydrogens (primary N) is 1. The number of aromatic nitrogens is 1. The number of pyridine rings is 1. The third-order valence-corrected chi connectivity index (χ3v) is 2.81. The zero-order valence-electron chi connectivity index (χ0n) is 9.50. The van der Waals surface area contributed by atoms with Crippen LogP contribution in [-0.2, 0) is 6.42 Å². The Bertz CT molecular complexity index is 577. The lowest BCUT2D eigenvalue weighted by molar-refractivity contribution is 0.636. The first-order valence-electron chi connectivity index (χ1n) is 5.73. The number of benzene rings is 1. The molecule has 0 fully saturated rings. The smallest absolute Gasteiger partial charge is 0.251 e. The van der Waals surface area contributed by atoms with Crippen molar-refractivity contribution in [2.24, 2.45) is 5.73 Å². The molecule has 0 saturated carbocycles. The van der Waals surface area contributed by atoms with Crippen molar-refractivity contribution in [2.45, 2.75) is 19.3 Å². The first-order valence-corrected chi connectivity index (χ1v) is 5.73. The second-order valence-corrected chi connectivity index (χ2v) is 4.07. The molecule has 17 heavy (non-hydrogen) atoms. The molecule has 0 radical (unpaired) electrons. The third kappa shape index (κ3) is 2.53. The second kappa shape index (κ2) is 5.10. The van der Waals surface area contributed by atoms with Gasteiger partial charge in [-0.15, -0.1) is 0 Å². The molecule has 0 atom stereocenters. The number of H-pyrrole nitrogens is 1. The topological polar surface area (TPSA) is 58.9 Å². The molecule has 2 rings (SSSR count). The van der Waals surface area contributed by atoms with E-state index in [4.69, 9.17) is 5.73 Å². The van der Waals surface area contributed by atoms with Gasteiger partial charge in [0.1, 0.15) is 5.82 Å². The van der Waals surface area contributed by atoms with Crippen molar-refractivity contribution in [3.8, 4) is 0 Å². The Labute approximate surface area is 98.5 Å². The van der Waals surface area contributed by atoms with Gasteiger partial charge in [-0.25, -0.2) is 4.39 Å². The van der Waals surface area contributed by atoms with Crippen LogP contribution >= 0.6 is 0 Å². The van der Waals surface area contributed by atoms with Crippen molar-refractivity contribution < 1.29 is 4.39 Å². The molecular weight excluding hydrogens is 219 g/mol. The van der Waals surface area contributed by atoms with Crippen molar-refractivity contribution in [1.82, 2.24) is 4.98 Å². The average Bonchev–Trinajstić information content (AvgIpc) is 2.31. The molecule has 90 valence electrons. The first kappa shape index (κ1) is 11.8. The fourth-order valence-corrected chi connectivity index (χ4v) is 1.89. The van der Waals surface area contributed by atoms with E-state index in [1.165, 1.54) is 6.07 Å². The van der Waals surface area contributed by atoms with Gasteiger partial charge < -0.3 is 10.7 Å². The van der Waals surface area contributed by atoms with Crippen molar-refractivity contribution in [1.29, 1.82) is 0 Å². The van der Waals surface area contributed by atoms with Crippen molar-refractivity contribution >= 4 is 10.9 Å². The maximum Gasteiger partial charge on any atom is 0.251 e. The summed E-state index contributed by atoms with van der Waals surface area (Å²) in [5.74, 6) is -0.395. The molecule has 0 bridgehead atoms. The zero-order valence-corrected chi connectivity index (χ0v) is 9.50. The van der Waals surface area contributed by atoms with Crippen LogP contribution in [0, 0.1) is 5.82 Å². The number of aryl methyl sites for hydroxylation is 1. The van der Waals surface area contributed by atoms with Gasteiger partial charge in [0.05, 0.1) is 5.52 Å². The van der Waals surface area contributed by atoms with Crippen LogP contribution in [0.2, 0.25) is 0 Å². The predicted molar refractivity (Wildman–Crippen MR) is 66.5 cm³/mol. The van der Waals surface area contributed by atoms with E-state index in [0.717, 1.165) is 18.2 Å². The van der Waals surface area contributed by atoms with E-state index >= 15 is 0 Å². The standard InChI is InChI=1S/C13H15FN2O/c14-11-6-3-5-9-8-10(4-1-2-7-15)13(17)16-12(9)11/h3,5-6,8H,1-2,4,7,15H2,(H,16,17). The van der Waals surface area contributed by atoms with Gasteiger partial charge >= 0.3 is 0 Å². The maximum absolute atomic E-state index is 13.4. The number of hydrogen-bond acceptors (Lipinski definition) is 2. The fourth-order valence-electron chi connectivity index (χ4n) is 1.89. The summed E-state index contributed by atoms with van der Waals surface area (Å²) >= 11 is 0. The number of nitrogens with one attached hydrogen (secondary N) is 1. The van der Waals surface area contributed by atoms with Crippen LogP contribution in [0.15, 0.2) is 29.1 Å². The van der Waals surface area contributed by atoms with E-state index in [0.29, 0.717) is 18.5 Å². The van der Waals surface area contributed by atoms with Crippen molar-refractivity contribution in [2.75, 3.05) is 6.54 Å². The molecule has 0 aliphatic heterocycles. The molecule has 3 nitrogen and oxygen atoms in total. The minimum absolute atomic E-state index is 0.209. The van der Waals surface area contributed by atoms with E-state index in [1.54, 1.807) is 18.2 Å². The van der Waals surface area contributed by atoms with Crippen LogP contribution in [-0.4, -0.2) is 11.5 Å². The molecule has 0 aliphatic carbocycles. The summed E-state index contributed by atoms with van der Waals surface area (Å²) in [5, 5.41) is 0.729. The lowest BCUT2D eigenvalue weighted by atomic mass is 10.1. The highest BCUT2D eigenvalue weighted by atomic mass is 19.1. The lowest BCUT2D eigenvalue weighted by Gasteiger charge is -2.03. The normalized spacial score (nSPS) is 10.9. The van der Waals surface area contributed by atoms with E-state index in [-0.39, 0.29) is 11.1 Å². The second-order valence-electron chi connectivity index (χ2n) is 4.07. The molecule has 1 aromatic heterocycles. The molecule has 4 heteroatoms. The Hall–Kier alpha value is -1.68. The van der Waals surface area contributed by atoms with Crippen LogP contribution in [0.3, 0.4) is 0 Å². The highest BCUT2D eigenvalue weighted by molar-refractivity contribution is 5.79. The SMILES string of the molecule is NCCCCc1cc2cccc(F)c2[nH]c1=O. The quantitative estimate of drug-likeness (QED) is 0.794. The van der Waals surface area contributed by atoms with Gasteiger partial charge in [0.15, 0.2) is 0 Å². The maximum atomic E-state index is 13.4. The van der Waals surface area contributed by atoms with Gasteiger partial charge in [-0.2, -0.15) is 0 Å². The van der Waals surface area contributed by atoms with Crippen molar-refractivity contribution in [3.05, 3.63) is 46.0 Å². The van der Waals surface area contributed by atoms with E-state index in [2.05, 4.69) is 4.98 Å². The molecule has 3 N–H and O–H groups in total. The lowest BCUT2D eigenvalue weighted by Crippen LogP contribution is -2.13. The highest BCUT2D eigenvalue weighted by Crippen LogP contribution is 2.15. The minimum atomic E-state index is -0.395. The van der Waals surface area contributed by atoms with E-state index in [9.17, 15) is 9.18 Å². The third-order valence-electron chi connectivity index (χ3n) is 2.81. The van der Waals surface area contributed by atoms with Gasteiger partial charge in [-0.3, -0.25) is 4.79 Å². The Kier molecular flexibility index (Phi) is 3.54. The Morgan fingerprint density at radius 3 is 2.88 bits per heavy atom. The van der Waals surface area contributed by atoms with Gasteiger partial charge in [-0.1, -0.05) is 12.1 Å². The average molecular weight is 234 g/mol. The summed E-state index contributed by atoms with van der Waals surface area (Å²) < 4.78 is 13.4. The van der Waals surface area contributed by atoms with Crippen LogP contribution in [0.1, 0.15) is 18.4 Å². The Balaban J connectivity index is 2.38. The van der Waals surface area contributed by atoms with Gasteiger partial charge in [0.25, 0.3) is 5.56 Å². The molecular formula is C13H15FN2O. The van der Waals surface area contributed by atoms with Gasteiger partial charge in [0.2, 0.25) is 0 Å². The molecule has 0 aliphatic rings. The molecule has 2 aromatic rings. The highest BCUT2D eigenvalue weighted by Gasteiger charge is 2.05. The monoisotopic (exact) mass is 234 g/mol. The van der Waals surface area contributed by atoms with Crippen LogP contribution < -0.4 is 11.3 Å². The number of fused-ring (bicyclic) bond motifs is 1. The predicted octanol–water partition coefficient (Wildman–Crippen LogP) is 1.95. The molecule has 0 amide bonds. The van der Waals surface area contributed by atoms with Crippen LogP contribution in [0.5, 0.6) is 0 Å². The van der Waals surface area contributed by atoms with E-state index in [1.807, 2.05) is 0 Å². The molecule has 0 saturated heterocycles. The number of hydrogen-bond donors (Lipinski definition) is 2. The Morgan fingerprint density at radius 2 is 2.12 bits per heavy atom. The summed E-state index contributed by atoms with van der Waals surface area (Å²) in [6.45, 7) is 0.625. The number of aromatic amines is 1. The summed E-state index contributed by atoms with van der Waals surface area (Å²) in [6, 6.07) is 6.53. The molecule has 0 spiro atoms. The van der Waals surface area contributed by atoms with Crippen molar-refractivity contribution in [3.63, 3.8) is 0 Å². The summed E-state index contributed by atoms with van der Waals surface area (Å²) in [6.07, 6.45) is 2.44. The number of rotatable bonds is 4. The molecule has 1 aromatic carbocycles. The summed E-state index contributed by atoms with van der Waals surface area (Å²) in [4.78, 5) is 14.3. The molecule has 1 heterocycles. The first-order chi connectivity index (χ1) is 8.22. The molecule has 0 unspecified atom stereocenters. The fraction of sp³-hybridized carbons (Fsp3) is 0.308. The van der Waals surface area contributed by atoms with Gasteiger partial charge in [-0.05, 0) is 37.9 Å². The van der Waals surface area contributed by atoms with E-state index < -0.39 is 5.82 Å². The number of para-hydroxylation sites is 1. The minimum Gasteiger partial charge on any atom is -0.330 e. The Morgan fingerprint density at radius 1 is 1.29 bits per heavy atom. The van der Waals surface area contributed by atoms with Crippen LogP contribution in [0.4, 0.5) is 4.39 Å². The summed E-state index contributed by atoms with van der Waals surface area (Å²) in [5.41, 5.74) is 6.17. The van der Waals surface area contributed by atoms with Crippen LogP contribution in [0.25, 0.3) is 10.9 Å².